The van der Waals surface area contributed by atoms with Crippen LogP contribution in [0.2, 0.25) is 5.02 Å². The van der Waals surface area contributed by atoms with Crippen LogP contribution in [-0.4, -0.2) is 19.8 Å². The topological polar surface area (TPSA) is 18.5 Å². The van der Waals surface area contributed by atoms with Gasteiger partial charge < -0.3 is 9.47 Å². The summed E-state index contributed by atoms with van der Waals surface area (Å²) >= 11 is 9.47. The minimum absolute atomic E-state index is 0.00676. The van der Waals surface area contributed by atoms with E-state index in [0.29, 0.717) is 11.6 Å². The van der Waals surface area contributed by atoms with Crippen LogP contribution >= 0.6 is 27.5 Å². The molecule has 0 saturated carbocycles. The molecule has 0 spiro atoms. The predicted molar refractivity (Wildman–Crippen MR) is 66.0 cm³/mol. The van der Waals surface area contributed by atoms with Gasteiger partial charge in [-0.15, -0.1) is 0 Å². The molecule has 0 bridgehead atoms. The number of hydrogen-bond acceptors (Lipinski definition) is 2. The predicted octanol–water partition coefficient (Wildman–Crippen LogP) is 3.65. The van der Waals surface area contributed by atoms with Gasteiger partial charge in [-0.2, -0.15) is 0 Å². The first kappa shape index (κ1) is 12.8. The Morgan fingerprint density at radius 1 is 1.47 bits per heavy atom. The Morgan fingerprint density at radius 3 is 2.80 bits per heavy atom. The second-order valence-corrected chi connectivity index (χ2v) is 4.21. The molecular formula is C11H14BrClO2. The second kappa shape index (κ2) is 6.36. The molecule has 4 heteroatoms. The van der Waals surface area contributed by atoms with Crippen LogP contribution in [-0.2, 0) is 10.1 Å². The molecule has 1 aromatic carbocycles. The average molecular weight is 294 g/mol. The van der Waals surface area contributed by atoms with Crippen molar-refractivity contribution in [2.75, 3.05) is 13.7 Å². The molecule has 0 N–H and O–H groups in total. The number of hydrogen-bond donors (Lipinski definition) is 0. The summed E-state index contributed by atoms with van der Waals surface area (Å²) in [6.07, 6.45) is -0.00676. The lowest BCUT2D eigenvalue weighted by Gasteiger charge is -2.17. The Bertz CT molecular complexity index is 317. The molecule has 0 aliphatic carbocycles. The number of halogens is 2. The lowest BCUT2D eigenvalue weighted by atomic mass is 10.2. The number of methoxy groups -OCH3 is 1. The molecule has 0 aliphatic rings. The molecule has 1 atom stereocenters. The van der Waals surface area contributed by atoms with Crippen LogP contribution < -0.4 is 4.74 Å². The zero-order chi connectivity index (χ0) is 11.3. The van der Waals surface area contributed by atoms with Gasteiger partial charge in [-0.3, -0.25) is 0 Å². The smallest absolute Gasteiger partial charge is 0.142 e. The lowest BCUT2D eigenvalue weighted by Crippen LogP contribution is -2.18. The van der Waals surface area contributed by atoms with Gasteiger partial charge in [-0.05, 0) is 13.0 Å². The van der Waals surface area contributed by atoms with Gasteiger partial charge in [0.2, 0.25) is 0 Å². The summed E-state index contributed by atoms with van der Waals surface area (Å²) in [7, 11) is 1.65. The van der Waals surface area contributed by atoms with E-state index in [1.165, 1.54) is 0 Å². The first-order valence-corrected chi connectivity index (χ1v) is 6.18. The van der Waals surface area contributed by atoms with E-state index in [0.717, 1.165) is 16.6 Å². The van der Waals surface area contributed by atoms with Gasteiger partial charge >= 0.3 is 0 Å². The molecule has 0 amide bonds. The Hall–Kier alpha value is -0.250. The fourth-order valence-corrected chi connectivity index (χ4v) is 1.94. The largest absolute Gasteiger partial charge is 0.486 e. The molecule has 15 heavy (non-hydrogen) atoms. The Labute approximate surface area is 104 Å². The quantitative estimate of drug-likeness (QED) is 0.772. The van der Waals surface area contributed by atoms with Crippen molar-refractivity contribution in [3.8, 4) is 5.75 Å². The van der Waals surface area contributed by atoms with E-state index in [1.807, 2.05) is 25.1 Å². The third-order valence-electron chi connectivity index (χ3n) is 1.91. The molecule has 1 unspecified atom stereocenters. The molecule has 0 aliphatic heterocycles. The van der Waals surface area contributed by atoms with Crippen molar-refractivity contribution in [1.29, 1.82) is 0 Å². The molecule has 0 heterocycles. The molecule has 1 rings (SSSR count). The van der Waals surface area contributed by atoms with Gasteiger partial charge in [0.25, 0.3) is 0 Å². The first-order valence-electron chi connectivity index (χ1n) is 4.68. The summed E-state index contributed by atoms with van der Waals surface area (Å²) in [6, 6.07) is 5.71. The molecular weight excluding hydrogens is 279 g/mol. The first-order chi connectivity index (χ1) is 7.19. The van der Waals surface area contributed by atoms with Crippen LogP contribution in [0.25, 0.3) is 0 Å². The third kappa shape index (κ3) is 3.67. The SMILES string of the molecule is COCC(C)Oc1c(Cl)cccc1CBr. The maximum Gasteiger partial charge on any atom is 0.142 e. The summed E-state index contributed by atoms with van der Waals surface area (Å²) in [4.78, 5) is 0. The fraction of sp³-hybridized carbons (Fsp3) is 0.455. The minimum Gasteiger partial charge on any atom is -0.486 e. The van der Waals surface area contributed by atoms with E-state index >= 15 is 0 Å². The van der Waals surface area contributed by atoms with Crippen LogP contribution in [0.5, 0.6) is 5.75 Å². The molecule has 0 radical (unpaired) electrons. The van der Waals surface area contributed by atoms with Crippen molar-refractivity contribution in [2.45, 2.75) is 18.4 Å². The minimum atomic E-state index is -0.00676. The van der Waals surface area contributed by atoms with E-state index < -0.39 is 0 Å². The normalized spacial score (nSPS) is 12.5. The lowest BCUT2D eigenvalue weighted by molar-refractivity contribution is 0.0916. The highest BCUT2D eigenvalue weighted by molar-refractivity contribution is 9.08. The van der Waals surface area contributed by atoms with E-state index in [9.17, 15) is 0 Å². The van der Waals surface area contributed by atoms with Crippen LogP contribution in [0.4, 0.5) is 0 Å². The molecule has 1 aromatic rings. The van der Waals surface area contributed by atoms with Crippen molar-refractivity contribution in [1.82, 2.24) is 0 Å². The zero-order valence-electron chi connectivity index (χ0n) is 8.80. The fourth-order valence-electron chi connectivity index (χ4n) is 1.26. The van der Waals surface area contributed by atoms with Crippen LogP contribution in [0, 0.1) is 0 Å². The molecule has 2 nitrogen and oxygen atoms in total. The number of ether oxygens (including phenoxy) is 2. The number of alkyl halides is 1. The maximum absolute atomic E-state index is 6.07. The van der Waals surface area contributed by atoms with Gasteiger partial charge in [0.15, 0.2) is 0 Å². The van der Waals surface area contributed by atoms with Gasteiger partial charge in [0, 0.05) is 18.0 Å². The average Bonchev–Trinajstić information content (AvgIpc) is 2.21. The number of rotatable bonds is 5. The summed E-state index contributed by atoms with van der Waals surface area (Å²) in [5.41, 5.74) is 1.05. The number of para-hydroxylation sites is 1. The van der Waals surface area contributed by atoms with Crippen LogP contribution in [0.1, 0.15) is 12.5 Å². The highest BCUT2D eigenvalue weighted by atomic mass is 79.9. The summed E-state index contributed by atoms with van der Waals surface area (Å²) in [6.45, 7) is 2.50. The molecule has 0 fully saturated rings. The van der Waals surface area contributed by atoms with Crippen LogP contribution in [0.15, 0.2) is 18.2 Å². The van der Waals surface area contributed by atoms with E-state index in [-0.39, 0.29) is 6.10 Å². The van der Waals surface area contributed by atoms with Crippen molar-refractivity contribution >= 4 is 27.5 Å². The third-order valence-corrected chi connectivity index (χ3v) is 2.81. The van der Waals surface area contributed by atoms with Gasteiger partial charge in [0.05, 0.1) is 11.6 Å². The van der Waals surface area contributed by atoms with E-state index in [1.54, 1.807) is 7.11 Å². The van der Waals surface area contributed by atoms with Crippen molar-refractivity contribution in [3.63, 3.8) is 0 Å². The Balaban J connectivity index is 2.82. The van der Waals surface area contributed by atoms with Crippen molar-refractivity contribution in [3.05, 3.63) is 28.8 Å². The van der Waals surface area contributed by atoms with E-state index in [2.05, 4.69) is 15.9 Å². The van der Waals surface area contributed by atoms with Gasteiger partial charge in [0.1, 0.15) is 11.9 Å². The standard InChI is InChI=1S/C11H14BrClO2/c1-8(7-14-2)15-11-9(6-12)4-3-5-10(11)13/h3-5,8H,6-7H2,1-2H3. The van der Waals surface area contributed by atoms with Gasteiger partial charge in [-0.25, -0.2) is 0 Å². The summed E-state index contributed by atoms with van der Waals surface area (Å²) < 4.78 is 10.7. The van der Waals surface area contributed by atoms with Crippen molar-refractivity contribution < 1.29 is 9.47 Å². The maximum atomic E-state index is 6.07. The van der Waals surface area contributed by atoms with Gasteiger partial charge in [-0.1, -0.05) is 39.7 Å². The highest BCUT2D eigenvalue weighted by Gasteiger charge is 2.11. The molecule has 84 valence electrons. The second-order valence-electron chi connectivity index (χ2n) is 3.25. The Morgan fingerprint density at radius 2 is 2.20 bits per heavy atom. The molecule has 0 saturated heterocycles. The van der Waals surface area contributed by atoms with E-state index in [4.69, 9.17) is 21.1 Å². The number of benzene rings is 1. The highest BCUT2D eigenvalue weighted by Crippen LogP contribution is 2.30. The molecule has 0 aromatic heterocycles. The zero-order valence-corrected chi connectivity index (χ0v) is 11.1. The summed E-state index contributed by atoms with van der Waals surface area (Å²) in [5.74, 6) is 0.737. The Kier molecular flexibility index (Phi) is 5.43. The van der Waals surface area contributed by atoms with Crippen molar-refractivity contribution in [2.24, 2.45) is 0 Å². The monoisotopic (exact) mass is 292 g/mol. The summed E-state index contributed by atoms with van der Waals surface area (Å²) in [5, 5.41) is 1.36. The van der Waals surface area contributed by atoms with Crippen LogP contribution in [0.3, 0.4) is 0 Å².